The maximum atomic E-state index is 13.6. The molecule has 0 radical (unpaired) electrons. The number of ether oxygens (including phenoxy) is 2. The molecule has 176 valence electrons. The molecule has 0 bridgehead atoms. The Morgan fingerprint density at radius 3 is 2.37 bits per heavy atom. The second kappa shape index (κ2) is 11.4. The molecule has 1 aliphatic heterocycles. The van der Waals surface area contributed by atoms with Crippen molar-refractivity contribution in [1.29, 1.82) is 0 Å². The summed E-state index contributed by atoms with van der Waals surface area (Å²) >= 11 is 1.34. The topological polar surface area (TPSA) is 51.1 Å². The molecule has 35 heavy (non-hydrogen) atoms. The molecule has 0 aromatic heterocycles. The van der Waals surface area contributed by atoms with Gasteiger partial charge in [0.1, 0.15) is 6.61 Å². The lowest BCUT2D eigenvalue weighted by Crippen LogP contribution is -2.28. The number of thioether (sulfide) groups is 1. The molecule has 0 atom stereocenters. The van der Waals surface area contributed by atoms with Crippen molar-refractivity contribution in [2.75, 3.05) is 18.6 Å². The molecule has 6 heteroatoms. The Kier molecular flexibility index (Phi) is 7.85. The quantitative estimate of drug-likeness (QED) is 0.249. The number of amides is 1. The molecular weight excluding hydrogens is 456 g/mol. The van der Waals surface area contributed by atoms with Gasteiger partial charge in [0.25, 0.3) is 5.91 Å². The highest BCUT2D eigenvalue weighted by Gasteiger charge is 2.34. The van der Waals surface area contributed by atoms with E-state index in [9.17, 15) is 4.79 Å². The summed E-state index contributed by atoms with van der Waals surface area (Å²) < 4.78 is 11.5. The van der Waals surface area contributed by atoms with Crippen molar-refractivity contribution in [3.05, 3.63) is 114 Å². The number of methoxy groups -OCH3 is 1. The molecular formula is C29H26N2O3S. The number of allylic oxidation sites excluding steroid dienone is 1. The third-order valence-corrected chi connectivity index (χ3v) is 6.15. The summed E-state index contributed by atoms with van der Waals surface area (Å²) in [5, 5.41) is 0.600. The van der Waals surface area contributed by atoms with Crippen LogP contribution in [0.2, 0.25) is 0 Å². The van der Waals surface area contributed by atoms with Gasteiger partial charge in [-0.05, 0) is 66.2 Å². The standard InChI is InChI=1S/C29H26N2O3S/c1-4-12-22-18-21(19-25(33-3)27(22)34-17-5-2)20-26-28(32)31(24-15-10-7-11-16-24)29(35-26)30-23-13-8-6-9-14-23/h4-11,13-16,18-20H,1-2,12,17H2,3H3/b26-20+,30-29?. The third-order valence-electron chi connectivity index (χ3n) is 5.18. The average molecular weight is 483 g/mol. The predicted molar refractivity (Wildman–Crippen MR) is 146 cm³/mol. The van der Waals surface area contributed by atoms with E-state index < -0.39 is 0 Å². The molecule has 0 N–H and O–H groups in total. The van der Waals surface area contributed by atoms with Crippen molar-refractivity contribution >= 4 is 40.3 Å². The second-order valence-electron chi connectivity index (χ2n) is 7.62. The fourth-order valence-corrected chi connectivity index (χ4v) is 4.65. The molecule has 5 nitrogen and oxygen atoms in total. The number of carbonyl (C=O) groups is 1. The Morgan fingerprint density at radius 2 is 1.71 bits per heavy atom. The lowest BCUT2D eigenvalue weighted by Gasteiger charge is -2.15. The van der Waals surface area contributed by atoms with Gasteiger partial charge in [-0.2, -0.15) is 0 Å². The highest BCUT2D eigenvalue weighted by molar-refractivity contribution is 8.19. The molecule has 1 amide bonds. The first-order chi connectivity index (χ1) is 17.1. The summed E-state index contributed by atoms with van der Waals surface area (Å²) in [7, 11) is 1.60. The van der Waals surface area contributed by atoms with Crippen molar-refractivity contribution < 1.29 is 14.3 Å². The van der Waals surface area contributed by atoms with E-state index in [1.54, 1.807) is 18.1 Å². The number of amidine groups is 1. The third kappa shape index (κ3) is 5.55. The molecule has 1 aliphatic rings. The van der Waals surface area contributed by atoms with Crippen molar-refractivity contribution in [2.45, 2.75) is 6.42 Å². The van der Waals surface area contributed by atoms with Gasteiger partial charge in [-0.3, -0.25) is 9.69 Å². The molecule has 0 unspecified atom stereocenters. The number of hydrogen-bond acceptors (Lipinski definition) is 5. The zero-order valence-corrected chi connectivity index (χ0v) is 20.3. The molecule has 1 fully saturated rings. The van der Waals surface area contributed by atoms with Crippen molar-refractivity contribution in [3.63, 3.8) is 0 Å². The number of carbonyl (C=O) groups excluding carboxylic acids is 1. The van der Waals surface area contributed by atoms with Crippen LogP contribution in [0.1, 0.15) is 11.1 Å². The molecule has 3 aromatic rings. The van der Waals surface area contributed by atoms with E-state index in [0.717, 1.165) is 22.5 Å². The van der Waals surface area contributed by atoms with Gasteiger partial charge >= 0.3 is 0 Å². The van der Waals surface area contributed by atoms with Crippen LogP contribution in [0.5, 0.6) is 11.5 Å². The summed E-state index contributed by atoms with van der Waals surface area (Å²) in [6, 6.07) is 23.0. The van der Waals surface area contributed by atoms with Crippen LogP contribution in [0.4, 0.5) is 11.4 Å². The highest BCUT2D eigenvalue weighted by atomic mass is 32.2. The Hall–Kier alpha value is -4.03. The van der Waals surface area contributed by atoms with Crippen LogP contribution < -0.4 is 14.4 Å². The minimum Gasteiger partial charge on any atom is -0.493 e. The van der Waals surface area contributed by atoms with Gasteiger partial charge in [0, 0.05) is 5.56 Å². The molecule has 0 saturated carbocycles. The molecule has 0 aliphatic carbocycles. The molecule has 4 rings (SSSR count). The maximum absolute atomic E-state index is 13.6. The van der Waals surface area contributed by atoms with Gasteiger partial charge in [0.05, 0.1) is 23.4 Å². The zero-order valence-electron chi connectivity index (χ0n) is 19.5. The van der Waals surface area contributed by atoms with Gasteiger partial charge in [-0.1, -0.05) is 55.1 Å². The van der Waals surface area contributed by atoms with Crippen LogP contribution >= 0.6 is 11.8 Å². The Balaban J connectivity index is 1.77. The number of para-hydroxylation sites is 2. The average Bonchev–Trinajstić information content (AvgIpc) is 3.18. The van der Waals surface area contributed by atoms with E-state index in [2.05, 4.69) is 13.2 Å². The van der Waals surface area contributed by atoms with Gasteiger partial charge in [-0.25, -0.2) is 4.99 Å². The number of hydrogen-bond donors (Lipinski definition) is 0. The Bertz CT molecular complexity index is 1280. The van der Waals surface area contributed by atoms with Crippen LogP contribution in [0.25, 0.3) is 6.08 Å². The van der Waals surface area contributed by atoms with E-state index in [4.69, 9.17) is 14.5 Å². The SMILES string of the molecule is C=CCOc1c(CC=C)cc(/C=C2/SC(=Nc3ccccc3)N(c3ccccc3)C2=O)cc1OC. The fraction of sp³-hybridized carbons (Fsp3) is 0.103. The van der Waals surface area contributed by atoms with Crippen molar-refractivity contribution in [2.24, 2.45) is 4.99 Å². The number of benzene rings is 3. The minimum absolute atomic E-state index is 0.132. The second-order valence-corrected chi connectivity index (χ2v) is 8.63. The van der Waals surface area contributed by atoms with Crippen LogP contribution in [0.3, 0.4) is 0 Å². The molecule has 3 aromatic carbocycles. The van der Waals surface area contributed by atoms with E-state index in [1.807, 2.05) is 84.9 Å². The lowest BCUT2D eigenvalue weighted by atomic mass is 10.0. The zero-order chi connectivity index (χ0) is 24.6. The molecule has 1 heterocycles. The van der Waals surface area contributed by atoms with E-state index in [0.29, 0.717) is 34.6 Å². The summed E-state index contributed by atoms with van der Waals surface area (Å²) in [6.07, 6.45) is 5.96. The summed E-state index contributed by atoms with van der Waals surface area (Å²) in [5.74, 6) is 1.11. The molecule has 0 spiro atoms. The van der Waals surface area contributed by atoms with Gasteiger partial charge < -0.3 is 9.47 Å². The highest BCUT2D eigenvalue weighted by Crippen LogP contribution is 2.39. The van der Waals surface area contributed by atoms with Crippen LogP contribution in [0, 0.1) is 0 Å². The number of aliphatic imine (C=N–C) groups is 1. The largest absolute Gasteiger partial charge is 0.493 e. The first-order valence-electron chi connectivity index (χ1n) is 11.1. The summed E-state index contributed by atoms with van der Waals surface area (Å²) in [6.45, 7) is 7.94. The number of rotatable bonds is 9. The molecule has 1 saturated heterocycles. The van der Waals surface area contributed by atoms with Crippen LogP contribution in [-0.4, -0.2) is 24.8 Å². The Morgan fingerprint density at radius 1 is 1.00 bits per heavy atom. The van der Waals surface area contributed by atoms with Crippen LogP contribution in [0.15, 0.2) is 108 Å². The maximum Gasteiger partial charge on any atom is 0.271 e. The predicted octanol–water partition coefficient (Wildman–Crippen LogP) is 6.80. The first kappa shape index (κ1) is 24.1. The van der Waals surface area contributed by atoms with Crippen molar-refractivity contribution in [1.82, 2.24) is 0 Å². The minimum atomic E-state index is -0.132. The van der Waals surface area contributed by atoms with Gasteiger partial charge in [0.15, 0.2) is 16.7 Å². The normalized spacial score (nSPS) is 15.5. The first-order valence-corrected chi connectivity index (χ1v) is 11.9. The fourth-order valence-electron chi connectivity index (χ4n) is 3.65. The van der Waals surface area contributed by atoms with E-state index in [-0.39, 0.29) is 5.91 Å². The monoisotopic (exact) mass is 482 g/mol. The lowest BCUT2D eigenvalue weighted by molar-refractivity contribution is -0.113. The number of anilines is 1. The summed E-state index contributed by atoms with van der Waals surface area (Å²) in [5.41, 5.74) is 3.29. The Labute approximate surface area is 210 Å². The van der Waals surface area contributed by atoms with Crippen molar-refractivity contribution in [3.8, 4) is 11.5 Å². The van der Waals surface area contributed by atoms with Crippen LogP contribution in [-0.2, 0) is 11.2 Å². The van der Waals surface area contributed by atoms with Gasteiger partial charge in [0.2, 0.25) is 0 Å². The number of nitrogens with zero attached hydrogens (tertiary/aromatic N) is 2. The van der Waals surface area contributed by atoms with E-state index in [1.165, 1.54) is 11.8 Å². The van der Waals surface area contributed by atoms with Gasteiger partial charge in [-0.15, -0.1) is 6.58 Å². The summed E-state index contributed by atoms with van der Waals surface area (Å²) in [4.78, 5) is 20.5. The van der Waals surface area contributed by atoms with E-state index >= 15 is 0 Å². The smallest absolute Gasteiger partial charge is 0.271 e.